The van der Waals surface area contributed by atoms with Gasteiger partial charge in [-0.05, 0) is 47.1 Å². The standard InChI is InChI=1S/C13H13BrClN3/c1-2-17-10-5-11(8-16-7-10)18-9-3-4-12(14)13(15)6-9/h3-8,17-18H,2H2,1H3. The molecule has 5 heteroatoms. The van der Waals surface area contributed by atoms with Gasteiger partial charge in [0.15, 0.2) is 0 Å². The summed E-state index contributed by atoms with van der Waals surface area (Å²) in [6.07, 6.45) is 3.57. The molecule has 0 saturated carbocycles. The topological polar surface area (TPSA) is 37.0 Å². The van der Waals surface area contributed by atoms with Crippen molar-refractivity contribution in [2.45, 2.75) is 6.92 Å². The largest absolute Gasteiger partial charge is 0.384 e. The number of nitrogens with zero attached hydrogens (tertiary/aromatic N) is 1. The van der Waals surface area contributed by atoms with Gasteiger partial charge in [-0.25, -0.2) is 0 Å². The minimum Gasteiger partial charge on any atom is -0.384 e. The molecular formula is C13H13BrClN3. The normalized spacial score (nSPS) is 10.2. The third-order valence-electron chi connectivity index (χ3n) is 2.33. The van der Waals surface area contributed by atoms with Gasteiger partial charge in [-0.3, -0.25) is 4.98 Å². The molecule has 0 spiro atoms. The molecule has 0 fully saturated rings. The second-order valence-corrected chi connectivity index (χ2v) is 5.01. The smallest absolute Gasteiger partial charge is 0.0591 e. The first-order valence-corrected chi connectivity index (χ1v) is 6.77. The Balaban J connectivity index is 2.17. The molecule has 1 aromatic heterocycles. The molecule has 0 atom stereocenters. The summed E-state index contributed by atoms with van der Waals surface area (Å²) in [4.78, 5) is 4.17. The van der Waals surface area contributed by atoms with Crippen molar-refractivity contribution in [2.24, 2.45) is 0 Å². The van der Waals surface area contributed by atoms with Gasteiger partial charge in [0.25, 0.3) is 0 Å². The Hall–Kier alpha value is -1.26. The fourth-order valence-corrected chi connectivity index (χ4v) is 1.98. The maximum absolute atomic E-state index is 6.05. The van der Waals surface area contributed by atoms with Crippen LogP contribution in [0.2, 0.25) is 5.02 Å². The predicted octanol–water partition coefficient (Wildman–Crippen LogP) is 4.67. The lowest BCUT2D eigenvalue weighted by Gasteiger charge is -2.09. The molecule has 1 heterocycles. The zero-order chi connectivity index (χ0) is 13.0. The van der Waals surface area contributed by atoms with Gasteiger partial charge in [0.2, 0.25) is 0 Å². The highest BCUT2D eigenvalue weighted by Gasteiger charge is 2.00. The van der Waals surface area contributed by atoms with Crippen LogP contribution in [-0.2, 0) is 0 Å². The third kappa shape index (κ3) is 3.37. The lowest BCUT2D eigenvalue weighted by Crippen LogP contribution is -1.98. The number of pyridine rings is 1. The molecule has 0 aliphatic rings. The average molecular weight is 327 g/mol. The second-order valence-electron chi connectivity index (χ2n) is 3.75. The molecule has 2 aromatic rings. The summed E-state index contributed by atoms with van der Waals surface area (Å²) in [5.41, 5.74) is 2.84. The Morgan fingerprint density at radius 2 is 1.94 bits per heavy atom. The summed E-state index contributed by atoms with van der Waals surface area (Å²) in [6.45, 7) is 2.92. The molecule has 0 saturated heterocycles. The molecule has 0 aliphatic carbocycles. The minimum absolute atomic E-state index is 0.677. The van der Waals surface area contributed by atoms with Crippen LogP contribution in [0.5, 0.6) is 0 Å². The highest BCUT2D eigenvalue weighted by molar-refractivity contribution is 9.10. The molecule has 2 rings (SSSR count). The van der Waals surface area contributed by atoms with Crippen molar-refractivity contribution in [1.29, 1.82) is 0 Å². The predicted molar refractivity (Wildman–Crippen MR) is 80.8 cm³/mol. The SMILES string of the molecule is CCNc1cncc(Nc2ccc(Br)c(Cl)c2)c1. The Bertz CT molecular complexity index is 546. The first-order chi connectivity index (χ1) is 8.69. The molecule has 3 nitrogen and oxygen atoms in total. The van der Waals surface area contributed by atoms with Crippen LogP contribution in [0, 0.1) is 0 Å². The summed E-state index contributed by atoms with van der Waals surface area (Å²) in [7, 11) is 0. The van der Waals surface area contributed by atoms with Gasteiger partial charge < -0.3 is 10.6 Å². The van der Waals surface area contributed by atoms with Gasteiger partial charge in [-0.1, -0.05) is 11.6 Å². The van der Waals surface area contributed by atoms with E-state index in [1.807, 2.05) is 24.3 Å². The highest BCUT2D eigenvalue weighted by atomic mass is 79.9. The van der Waals surface area contributed by atoms with Crippen LogP contribution >= 0.6 is 27.5 Å². The molecule has 0 aliphatic heterocycles. The lowest BCUT2D eigenvalue weighted by molar-refractivity contribution is 1.19. The maximum atomic E-state index is 6.05. The number of hydrogen-bond acceptors (Lipinski definition) is 3. The van der Waals surface area contributed by atoms with E-state index >= 15 is 0 Å². The van der Waals surface area contributed by atoms with Gasteiger partial charge in [0.1, 0.15) is 0 Å². The van der Waals surface area contributed by atoms with E-state index in [9.17, 15) is 0 Å². The minimum atomic E-state index is 0.677. The van der Waals surface area contributed by atoms with Gasteiger partial charge in [-0.2, -0.15) is 0 Å². The van der Waals surface area contributed by atoms with Crippen molar-refractivity contribution in [1.82, 2.24) is 4.98 Å². The molecule has 94 valence electrons. The molecular weight excluding hydrogens is 314 g/mol. The number of aromatic nitrogens is 1. The number of nitrogens with one attached hydrogen (secondary N) is 2. The summed E-state index contributed by atoms with van der Waals surface area (Å²) < 4.78 is 0.884. The van der Waals surface area contributed by atoms with Crippen LogP contribution in [-0.4, -0.2) is 11.5 Å². The molecule has 2 N–H and O–H groups in total. The van der Waals surface area contributed by atoms with Gasteiger partial charge in [-0.15, -0.1) is 0 Å². The maximum Gasteiger partial charge on any atom is 0.0591 e. The molecule has 18 heavy (non-hydrogen) atoms. The Kier molecular flexibility index (Phi) is 4.44. The number of anilines is 3. The summed E-state index contributed by atoms with van der Waals surface area (Å²) in [6, 6.07) is 7.74. The molecule has 0 radical (unpaired) electrons. The Labute approximate surface area is 120 Å². The Morgan fingerprint density at radius 3 is 2.67 bits per heavy atom. The van der Waals surface area contributed by atoms with E-state index in [2.05, 4.69) is 38.5 Å². The van der Waals surface area contributed by atoms with Crippen molar-refractivity contribution in [3.05, 3.63) is 46.2 Å². The van der Waals surface area contributed by atoms with Crippen molar-refractivity contribution < 1.29 is 0 Å². The van der Waals surface area contributed by atoms with Crippen molar-refractivity contribution in [2.75, 3.05) is 17.2 Å². The van der Waals surface area contributed by atoms with Crippen LogP contribution in [0.3, 0.4) is 0 Å². The van der Waals surface area contributed by atoms with Crippen LogP contribution in [0.1, 0.15) is 6.92 Å². The number of benzene rings is 1. The summed E-state index contributed by atoms with van der Waals surface area (Å²) >= 11 is 9.41. The first-order valence-electron chi connectivity index (χ1n) is 5.60. The average Bonchev–Trinajstić information content (AvgIpc) is 2.35. The van der Waals surface area contributed by atoms with Crippen LogP contribution in [0.25, 0.3) is 0 Å². The van der Waals surface area contributed by atoms with Gasteiger partial charge in [0, 0.05) is 16.7 Å². The van der Waals surface area contributed by atoms with E-state index < -0.39 is 0 Å². The fraction of sp³-hybridized carbons (Fsp3) is 0.154. The van der Waals surface area contributed by atoms with Crippen molar-refractivity contribution in [3.63, 3.8) is 0 Å². The zero-order valence-corrected chi connectivity index (χ0v) is 12.2. The van der Waals surface area contributed by atoms with Crippen molar-refractivity contribution in [3.8, 4) is 0 Å². The number of rotatable bonds is 4. The van der Waals surface area contributed by atoms with Gasteiger partial charge in [0.05, 0.1) is 28.8 Å². The number of hydrogen-bond donors (Lipinski definition) is 2. The highest BCUT2D eigenvalue weighted by Crippen LogP contribution is 2.27. The van der Waals surface area contributed by atoms with Crippen LogP contribution in [0.4, 0.5) is 17.1 Å². The third-order valence-corrected chi connectivity index (χ3v) is 3.56. The monoisotopic (exact) mass is 325 g/mol. The molecule has 0 unspecified atom stereocenters. The number of halogens is 2. The summed E-state index contributed by atoms with van der Waals surface area (Å²) in [5.74, 6) is 0. The van der Waals surface area contributed by atoms with E-state index in [4.69, 9.17) is 11.6 Å². The van der Waals surface area contributed by atoms with E-state index in [0.29, 0.717) is 5.02 Å². The van der Waals surface area contributed by atoms with Crippen LogP contribution < -0.4 is 10.6 Å². The van der Waals surface area contributed by atoms with E-state index in [0.717, 1.165) is 28.1 Å². The van der Waals surface area contributed by atoms with E-state index in [1.54, 1.807) is 12.4 Å². The van der Waals surface area contributed by atoms with Crippen molar-refractivity contribution >= 4 is 44.6 Å². The molecule has 0 bridgehead atoms. The second kappa shape index (κ2) is 6.07. The Morgan fingerprint density at radius 1 is 1.17 bits per heavy atom. The fourth-order valence-electron chi connectivity index (χ4n) is 1.55. The lowest BCUT2D eigenvalue weighted by atomic mass is 10.3. The van der Waals surface area contributed by atoms with Gasteiger partial charge >= 0.3 is 0 Å². The molecule has 0 amide bonds. The van der Waals surface area contributed by atoms with E-state index in [-0.39, 0.29) is 0 Å². The molecule has 1 aromatic carbocycles. The summed E-state index contributed by atoms with van der Waals surface area (Å²) in [5, 5.41) is 7.16. The quantitative estimate of drug-likeness (QED) is 0.857. The van der Waals surface area contributed by atoms with Crippen LogP contribution in [0.15, 0.2) is 41.1 Å². The van der Waals surface area contributed by atoms with E-state index in [1.165, 1.54) is 0 Å². The first kappa shape index (κ1) is 13.2. The zero-order valence-electron chi connectivity index (χ0n) is 9.87.